The summed E-state index contributed by atoms with van der Waals surface area (Å²) in [6.45, 7) is 5.56. The largest absolute Gasteiger partial charge is 0.385 e. The van der Waals surface area contributed by atoms with Crippen LogP contribution in [0.5, 0.6) is 0 Å². The smallest absolute Gasteiger partial charge is 0.220 e. The van der Waals surface area contributed by atoms with Gasteiger partial charge in [0.1, 0.15) is 0 Å². The van der Waals surface area contributed by atoms with Crippen molar-refractivity contribution in [3.8, 4) is 0 Å². The lowest BCUT2D eigenvalue weighted by molar-refractivity contribution is -0.122. The molecule has 17 heavy (non-hydrogen) atoms. The highest BCUT2D eigenvalue weighted by Gasteiger charge is 2.10. The molecule has 0 aromatic carbocycles. The van der Waals surface area contributed by atoms with Crippen molar-refractivity contribution >= 4 is 5.91 Å². The highest BCUT2D eigenvalue weighted by molar-refractivity contribution is 5.76. The summed E-state index contributed by atoms with van der Waals surface area (Å²) in [6.07, 6.45) is 4.53. The third kappa shape index (κ3) is 9.12. The summed E-state index contributed by atoms with van der Waals surface area (Å²) >= 11 is 0. The summed E-state index contributed by atoms with van der Waals surface area (Å²) in [6, 6.07) is 0.192. The minimum absolute atomic E-state index is 0.143. The number of nitrogens with one attached hydrogen (secondary N) is 1. The zero-order chi connectivity index (χ0) is 13.1. The number of hydrogen-bond acceptors (Lipinski definition) is 3. The van der Waals surface area contributed by atoms with Gasteiger partial charge in [-0.1, -0.05) is 13.3 Å². The predicted octanol–water partition coefficient (Wildman–Crippen LogP) is 1.68. The molecule has 0 fully saturated rings. The monoisotopic (exact) mass is 244 g/mol. The van der Waals surface area contributed by atoms with Gasteiger partial charge in [0, 0.05) is 26.2 Å². The van der Waals surface area contributed by atoms with Crippen molar-refractivity contribution in [2.24, 2.45) is 11.7 Å². The second kappa shape index (κ2) is 10.5. The molecule has 2 atom stereocenters. The van der Waals surface area contributed by atoms with Crippen LogP contribution < -0.4 is 11.1 Å². The maximum atomic E-state index is 11.7. The summed E-state index contributed by atoms with van der Waals surface area (Å²) in [5, 5.41) is 2.99. The minimum Gasteiger partial charge on any atom is -0.385 e. The molecular formula is C13H28N2O2. The van der Waals surface area contributed by atoms with E-state index >= 15 is 0 Å². The number of amides is 1. The Morgan fingerprint density at radius 3 is 2.59 bits per heavy atom. The molecule has 0 saturated carbocycles. The Kier molecular flexibility index (Phi) is 10.2. The van der Waals surface area contributed by atoms with Crippen LogP contribution in [0.15, 0.2) is 0 Å². The molecule has 0 bridgehead atoms. The van der Waals surface area contributed by atoms with Crippen LogP contribution in [0, 0.1) is 5.92 Å². The number of hydrogen-bond donors (Lipinski definition) is 2. The third-order valence-corrected chi connectivity index (χ3v) is 3.09. The molecule has 0 aliphatic heterocycles. The Hall–Kier alpha value is -0.610. The van der Waals surface area contributed by atoms with Crippen molar-refractivity contribution in [1.82, 2.24) is 5.32 Å². The summed E-state index contributed by atoms with van der Waals surface area (Å²) < 4.78 is 4.98. The van der Waals surface area contributed by atoms with Crippen molar-refractivity contribution in [3.63, 3.8) is 0 Å². The van der Waals surface area contributed by atoms with Gasteiger partial charge in [-0.05, 0) is 38.6 Å². The van der Waals surface area contributed by atoms with E-state index in [1.807, 2.05) is 6.92 Å². The van der Waals surface area contributed by atoms with Crippen LogP contribution in [-0.4, -0.2) is 32.2 Å². The molecule has 0 aliphatic rings. The quantitative estimate of drug-likeness (QED) is 0.614. The molecule has 0 saturated heterocycles. The number of carbonyl (C=O) groups is 1. The maximum absolute atomic E-state index is 11.7. The number of rotatable bonds is 10. The van der Waals surface area contributed by atoms with E-state index in [1.54, 1.807) is 7.11 Å². The number of methoxy groups -OCH3 is 1. The molecule has 0 aromatic rings. The first-order chi connectivity index (χ1) is 8.13. The zero-order valence-corrected chi connectivity index (χ0v) is 11.5. The fourth-order valence-electron chi connectivity index (χ4n) is 1.84. The molecule has 3 N–H and O–H groups in total. The van der Waals surface area contributed by atoms with Crippen LogP contribution in [0.3, 0.4) is 0 Å². The average Bonchev–Trinajstić information content (AvgIpc) is 2.31. The van der Waals surface area contributed by atoms with Gasteiger partial charge < -0.3 is 15.8 Å². The minimum atomic E-state index is 0.143. The summed E-state index contributed by atoms with van der Waals surface area (Å²) in [5.41, 5.74) is 5.53. The van der Waals surface area contributed by atoms with E-state index in [1.165, 1.54) is 0 Å². The molecule has 1 amide bonds. The van der Waals surface area contributed by atoms with Gasteiger partial charge >= 0.3 is 0 Å². The maximum Gasteiger partial charge on any atom is 0.220 e. The van der Waals surface area contributed by atoms with E-state index in [2.05, 4.69) is 12.2 Å². The lowest BCUT2D eigenvalue weighted by atomic mass is 9.96. The van der Waals surface area contributed by atoms with E-state index in [0.717, 1.165) is 25.7 Å². The molecule has 2 unspecified atom stereocenters. The van der Waals surface area contributed by atoms with E-state index < -0.39 is 0 Å². The first-order valence-electron chi connectivity index (χ1n) is 6.62. The normalized spacial score (nSPS) is 14.4. The molecule has 0 radical (unpaired) electrons. The van der Waals surface area contributed by atoms with Gasteiger partial charge in [0.05, 0.1) is 0 Å². The van der Waals surface area contributed by atoms with Gasteiger partial charge in [0.15, 0.2) is 0 Å². The predicted molar refractivity (Wildman–Crippen MR) is 70.8 cm³/mol. The Labute approximate surface area is 105 Å². The third-order valence-electron chi connectivity index (χ3n) is 3.09. The lowest BCUT2D eigenvalue weighted by Gasteiger charge is -2.16. The van der Waals surface area contributed by atoms with Crippen molar-refractivity contribution in [2.75, 3.05) is 20.3 Å². The topological polar surface area (TPSA) is 64.4 Å². The van der Waals surface area contributed by atoms with E-state index in [-0.39, 0.29) is 11.9 Å². The van der Waals surface area contributed by atoms with Crippen molar-refractivity contribution in [2.45, 2.75) is 52.0 Å². The van der Waals surface area contributed by atoms with Crippen LogP contribution in [0.2, 0.25) is 0 Å². The Morgan fingerprint density at radius 1 is 1.35 bits per heavy atom. The number of carbonyl (C=O) groups excluding carboxylic acids is 1. The summed E-state index contributed by atoms with van der Waals surface area (Å²) in [7, 11) is 1.67. The van der Waals surface area contributed by atoms with Gasteiger partial charge in [-0.25, -0.2) is 0 Å². The number of ether oxygens (including phenoxy) is 1. The van der Waals surface area contributed by atoms with E-state index in [9.17, 15) is 4.79 Å². The first kappa shape index (κ1) is 16.4. The Bertz CT molecular complexity index is 198. The van der Waals surface area contributed by atoms with Crippen LogP contribution in [-0.2, 0) is 9.53 Å². The molecule has 102 valence electrons. The van der Waals surface area contributed by atoms with E-state index in [4.69, 9.17) is 10.5 Å². The van der Waals surface area contributed by atoms with Gasteiger partial charge in [-0.15, -0.1) is 0 Å². The van der Waals surface area contributed by atoms with Crippen molar-refractivity contribution < 1.29 is 9.53 Å². The van der Waals surface area contributed by atoms with Crippen LogP contribution in [0.1, 0.15) is 46.0 Å². The molecule has 0 aliphatic carbocycles. The second-order valence-corrected chi connectivity index (χ2v) is 4.64. The Balaban J connectivity index is 3.70. The standard InChI is InChI=1S/C13H28N2O2/c1-4-12(7-9-14)5-6-13(16)15-11(2)8-10-17-3/h11-12H,4-10,14H2,1-3H3,(H,15,16). The van der Waals surface area contributed by atoms with Crippen LogP contribution >= 0.6 is 0 Å². The first-order valence-corrected chi connectivity index (χ1v) is 6.62. The second-order valence-electron chi connectivity index (χ2n) is 4.64. The SMILES string of the molecule is CCC(CCN)CCC(=O)NC(C)CCOC. The van der Waals surface area contributed by atoms with E-state index in [0.29, 0.717) is 25.5 Å². The van der Waals surface area contributed by atoms with Crippen LogP contribution in [0.4, 0.5) is 0 Å². The highest BCUT2D eigenvalue weighted by Crippen LogP contribution is 2.14. The van der Waals surface area contributed by atoms with Crippen LogP contribution in [0.25, 0.3) is 0 Å². The lowest BCUT2D eigenvalue weighted by Crippen LogP contribution is -2.33. The zero-order valence-electron chi connectivity index (χ0n) is 11.5. The number of nitrogens with two attached hydrogens (primary N) is 1. The highest BCUT2D eigenvalue weighted by atomic mass is 16.5. The molecular weight excluding hydrogens is 216 g/mol. The summed E-state index contributed by atoms with van der Waals surface area (Å²) in [4.78, 5) is 11.7. The van der Waals surface area contributed by atoms with Gasteiger partial charge in [-0.3, -0.25) is 4.79 Å². The molecule has 4 heteroatoms. The van der Waals surface area contributed by atoms with Gasteiger partial charge in [-0.2, -0.15) is 0 Å². The molecule has 0 rings (SSSR count). The summed E-state index contributed by atoms with van der Waals surface area (Å²) in [5.74, 6) is 0.726. The van der Waals surface area contributed by atoms with Gasteiger partial charge in [0.2, 0.25) is 5.91 Å². The van der Waals surface area contributed by atoms with Crippen molar-refractivity contribution in [3.05, 3.63) is 0 Å². The van der Waals surface area contributed by atoms with Gasteiger partial charge in [0.25, 0.3) is 0 Å². The fourth-order valence-corrected chi connectivity index (χ4v) is 1.84. The fraction of sp³-hybridized carbons (Fsp3) is 0.923. The molecule has 0 spiro atoms. The molecule has 4 nitrogen and oxygen atoms in total. The Morgan fingerprint density at radius 2 is 2.06 bits per heavy atom. The van der Waals surface area contributed by atoms with Crippen molar-refractivity contribution in [1.29, 1.82) is 0 Å². The molecule has 0 aromatic heterocycles. The average molecular weight is 244 g/mol. The molecule has 0 heterocycles.